The highest BCUT2D eigenvalue weighted by Crippen LogP contribution is 2.34. The minimum Gasteiger partial charge on any atom is -0.358 e. The van der Waals surface area contributed by atoms with Gasteiger partial charge in [-0.2, -0.15) is 13.2 Å². The minimum atomic E-state index is -4.64. The van der Waals surface area contributed by atoms with E-state index in [1.54, 1.807) is 18.5 Å². The molecular weight excluding hydrogens is 556 g/mol. The molecule has 5 aromatic rings. The standard InChI is InChI=1S/C28H22F4N8O2/c29-19-7-6-17(38-27(41)21-12-16(8-10-33-21)28(30,31)32)13-20(19)39-25-18(4-3-9-34-25)23-24-26(36-14-35-23)40(15-37-24)22-5-1-2-11-42-22/h3-4,6-10,12-15,22H,1-2,5,11H2,(H,34,39)(H,38,41). The number of nitrogens with zero attached hydrogens (tertiary/aromatic N) is 6. The number of nitrogens with one attached hydrogen (secondary N) is 2. The van der Waals surface area contributed by atoms with Crippen molar-refractivity contribution in [1.29, 1.82) is 0 Å². The van der Waals surface area contributed by atoms with E-state index in [-0.39, 0.29) is 23.4 Å². The van der Waals surface area contributed by atoms with E-state index in [9.17, 15) is 22.4 Å². The van der Waals surface area contributed by atoms with Crippen LogP contribution in [0.1, 0.15) is 41.5 Å². The van der Waals surface area contributed by atoms with E-state index in [1.165, 1.54) is 24.7 Å². The van der Waals surface area contributed by atoms with Crippen molar-refractivity contribution in [3.05, 3.63) is 84.6 Å². The van der Waals surface area contributed by atoms with Crippen molar-refractivity contribution in [2.24, 2.45) is 0 Å². The van der Waals surface area contributed by atoms with E-state index in [2.05, 4.69) is 35.6 Å². The molecule has 10 nitrogen and oxygen atoms in total. The molecule has 0 aliphatic carbocycles. The number of carbonyl (C=O) groups is 1. The number of hydrogen-bond donors (Lipinski definition) is 2. The Morgan fingerprint density at radius 1 is 1.00 bits per heavy atom. The Kier molecular flexibility index (Phi) is 7.20. The summed E-state index contributed by atoms with van der Waals surface area (Å²) in [4.78, 5) is 34.1. The second-order valence-corrected chi connectivity index (χ2v) is 9.47. The van der Waals surface area contributed by atoms with E-state index >= 15 is 0 Å². The molecule has 1 aliphatic heterocycles. The predicted molar refractivity (Wildman–Crippen MR) is 144 cm³/mol. The molecular formula is C28H22F4N8O2. The summed E-state index contributed by atoms with van der Waals surface area (Å²) in [6.45, 7) is 0.653. The Morgan fingerprint density at radius 2 is 1.88 bits per heavy atom. The molecule has 1 amide bonds. The van der Waals surface area contributed by atoms with Crippen LogP contribution in [0.15, 0.2) is 67.5 Å². The van der Waals surface area contributed by atoms with Crippen molar-refractivity contribution >= 4 is 34.3 Å². The number of imidazole rings is 1. The second-order valence-electron chi connectivity index (χ2n) is 9.47. The number of benzene rings is 1. The zero-order valence-electron chi connectivity index (χ0n) is 21.8. The van der Waals surface area contributed by atoms with Gasteiger partial charge >= 0.3 is 6.18 Å². The maximum Gasteiger partial charge on any atom is 0.416 e. The molecule has 0 bridgehead atoms. The van der Waals surface area contributed by atoms with Crippen LogP contribution in [0, 0.1) is 5.82 Å². The number of rotatable bonds is 6. The minimum absolute atomic E-state index is 0.0452. The van der Waals surface area contributed by atoms with Gasteiger partial charge in [0.2, 0.25) is 0 Å². The molecule has 214 valence electrons. The van der Waals surface area contributed by atoms with Gasteiger partial charge in [-0.15, -0.1) is 0 Å². The molecule has 1 unspecified atom stereocenters. The van der Waals surface area contributed by atoms with Crippen LogP contribution in [0.5, 0.6) is 0 Å². The predicted octanol–water partition coefficient (Wildman–Crippen LogP) is 6.14. The maximum absolute atomic E-state index is 14.9. The zero-order chi connectivity index (χ0) is 29.3. The number of pyridine rings is 2. The van der Waals surface area contributed by atoms with Gasteiger partial charge in [-0.3, -0.25) is 14.3 Å². The Labute approximate surface area is 235 Å². The first kappa shape index (κ1) is 27.2. The number of hydrogen-bond acceptors (Lipinski definition) is 8. The van der Waals surface area contributed by atoms with Crippen LogP contribution < -0.4 is 10.6 Å². The van der Waals surface area contributed by atoms with Gasteiger partial charge in [0.25, 0.3) is 5.91 Å². The van der Waals surface area contributed by atoms with Crippen molar-refractivity contribution in [2.45, 2.75) is 31.7 Å². The van der Waals surface area contributed by atoms with Crippen LogP contribution in [0.2, 0.25) is 0 Å². The van der Waals surface area contributed by atoms with Crippen molar-refractivity contribution in [1.82, 2.24) is 29.5 Å². The summed E-state index contributed by atoms with van der Waals surface area (Å²) in [5.74, 6) is -1.30. The number of fused-ring (bicyclic) bond motifs is 1. The fourth-order valence-corrected chi connectivity index (χ4v) is 4.65. The first-order chi connectivity index (χ1) is 20.3. The summed E-state index contributed by atoms with van der Waals surface area (Å²) in [5, 5.41) is 5.39. The van der Waals surface area contributed by atoms with E-state index in [1.807, 2.05) is 4.57 Å². The van der Waals surface area contributed by atoms with Gasteiger partial charge in [-0.25, -0.2) is 24.3 Å². The monoisotopic (exact) mass is 578 g/mol. The fourth-order valence-electron chi connectivity index (χ4n) is 4.65. The van der Waals surface area contributed by atoms with Crippen molar-refractivity contribution in [3.8, 4) is 11.3 Å². The molecule has 0 radical (unpaired) electrons. The van der Waals surface area contributed by atoms with Gasteiger partial charge < -0.3 is 15.4 Å². The number of aromatic nitrogens is 6. The average molecular weight is 579 g/mol. The lowest BCUT2D eigenvalue weighted by Crippen LogP contribution is -2.17. The number of carbonyl (C=O) groups excluding carboxylic acids is 1. The molecule has 1 aliphatic rings. The summed E-state index contributed by atoms with van der Waals surface area (Å²) in [6.07, 6.45) is 3.52. The lowest BCUT2D eigenvalue weighted by Gasteiger charge is -2.23. The largest absolute Gasteiger partial charge is 0.416 e. The molecule has 1 saturated heterocycles. The molecule has 1 aromatic carbocycles. The smallest absolute Gasteiger partial charge is 0.358 e. The summed E-state index contributed by atoms with van der Waals surface area (Å²) in [6, 6.07) is 8.53. The highest BCUT2D eigenvalue weighted by Gasteiger charge is 2.31. The first-order valence-corrected chi connectivity index (χ1v) is 12.9. The highest BCUT2D eigenvalue weighted by atomic mass is 19.4. The van der Waals surface area contributed by atoms with Crippen LogP contribution in [0.4, 0.5) is 34.8 Å². The molecule has 2 N–H and O–H groups in total. The van der Waals surface area contributed by atoms with Gasteiger partial charge in [-0.05, 0) is 61.7 Å². The Hall–Kier alpha value is -4.98. The molecule has 5 heterocycles. The van der Waals surface area contributed by atoms with E-state index in [0.29, 0.717) is 35.1 Å². The number of amides is 1. The molecule has 0 spiro atoms. The van der Waals surface area contributed by atoms with Crippen molar-refractivity contribution in [2.75, 3.05) is 17.2 Å². The van der Waals surface area contributed by atoms with E-state index < -0.39 is 29.2 Å². The first-order valence-electron chi connectivity index (χ1n) is 12.9. The van der Waals surface area contributed by atoms with E-state index in [0.717, 1.165) is 37.6 Å². The fraction of sp³-hybridized carbons (Fsp3) is 0.214. The lowest BCUT2D eigenvalue weighted by atomic mass is 10.1. The normalized spacial score (nSPS) is 15.5. The molecule has 6 rings (SSSR count). The molecule has 1 atom stereocenters. The second kappa shape index (κ2) is 11.1. The third-order valence-corrected chi connectivity index (χ3v) is 6.68. The van der Waals surface area contributed by atoms with Gasteiger partial charge in [0.1, 0.15) is 41.1 Å². The molecule has 0 saturated carbocycles. The lowest BCUT2D eigenvalue weighted by molar-refractivity contribution is -0.137. The number of alkyl halides is 3. The SMILES string of the molecule is O=C(Nc1ccc(F)c(Nc2ncccc2-c2ncnc3c2ncn3C2CCCCO2)c1)c1cc(C(F)(F)F)ccn1. The quantitative estimate of drug-likeness (QED) is 0.231. The number of halogens is 4. The summed E-state index contributed by atoms with van der Waals surface area (Å²) in [5.41, 5.74) is 0.696. The van der Waals surface area contributed by atoms with Crippen molar-refractivity contribution in [3.63, 3.8) is 0 Å². The van der Waals surface area contributed by atoms with Crippen LogP contribution in [-0.2, 0) is 10.9 Å². The molecule has 14 heteroatoms. The van der Waals surface area contributed by atoms with Gasteiger partial charge in [0.05, 0.1) is 17.6 Å². The summed E-state index contributed by atoms with van der Waals surface area (Å²) >= 11 is 0. The van der Waals surface area contributed by atoms with E-state index in [4.69, 9.17) is 4.74 Å². The Morgan fingerprint density at radius 3 is 2.69 bits per heavy atom. The van der Waals surface area contributed by atoms with Crippen LogP contribution in [0.3, 0.4) is 0 Å². The van der Waals surface area contributed by atoms with Gasteiger partial charge in [0.15, 0.2) is 5.65 Å². The van der Waals surface area contributed by atoms with Crippen LogP contribution in [0.25, 0.3) is 22.4 Å². The zero-order valence-corrected chi connectivity index (χ0v) is 21.8. The molecule has 42 heavy (non-hydrogen) atoms. The van der Waals surface area contributed by atoms with Crippen LogP contribution >= 0.6 is 0 Å². The Bertz CT molecular complexity index is 1770. The third kappa shape index (κ3) is 5.48. The van der Waals surface area contributed by atoms with Gasteiger partial charge in [-0.1, -0.05) is 0 Å². The molecule has 1 fully saturated rings. The topological polar surface area (TPSA) is 120 Å². The number of ether oxygens (including phenoxy) is 1. The van der Waals surface area contributed by atoms with Crippen molar-refractivity contribution < 1.29 is 27.1 Å². The number of anilines is 3. The highest BCUT2D eigenvalue weighted by molar-refractivity contribution is 6.03. The summed E-state index contributed by atoms with van der Waals surface area (Å²) < 4.78 is 61.8. The third-order valence-electron chi connectivity index (χ3n) is 6.68. The maximum atomic E-state index is 14.9. The average Bonchev–Trinajstić information content (AvgIpc) is 3.44. The van der Waals surface area contributed by atoms with Gasteiger partial charge in [0, 0.05) is 30.3 Å². The summed E-state index contributed by atoms with van der Waals surface area (Å²) in [7, 11) is 0. The van der Waals surface area contributed by atoms with Crippen LogP contribution in [-0.4, -0.2) is 42.0 Å². The Balaban J connectivity index is 1.28. The molecule has 4 aromatic heterocycles.